The highest BCUT2D eigenvalue weighted by atomic mass is 35.5. The van der Waals surface area contributed by atoms with Gasteiger partial charge in [-0.3, -0.25) is 24.7 Å². The van der Waals surface area contributed by atoms with Gasteiger partial charge in [-0.25, -0.2) is 0 Å². The fourth-order valence-corrected chi connectivity index (χ4v) is 3.34. The molecule has 3 rings (SSSR count). The summed E-state index contributed by atoms with van der Waals surface area (Å²) in [7, 11) is 0. The van der Waals surface area contributed by atoms with E-state index in [4.69, 9.17) is 11.6 Å². The number of halogens is 1. The van der Waals surface area contributed by atoms with E-state index in [1.807, 2.05) is 0 Å². The van der Waals surface area contributed by atoms with Crippen LogP contribution < -0.4 is 5.32 Å². The topological polar surface area (TPSA) is 78.7 Å². The highest BCUT2D eigenvalue weighted by Crippen LogP contribution is 2.26. The molecule has 1 heterocycles. The third kappa shape index (κ3) is 5.51. The SMILES string of the molecule is Cc1ccc(CN2CCN(CC(=O)Nc3cc([N+](=O)[O-])ccc3Cl)CC2)cc1. The van der Waals surface area contributed by atoms with Crippen LogP contribution in [0.15, 0.2) is 42.5 Å². The van der Waals surface area contributed by atoms with Gasteiger partial charge >= 0.3 is 0 Å². The number of nitrogens with zero attached hydrogens (tertiary/aromatic N) is 3. The first kappa shape index (κ1) is 20.3. The first-order valence-electron chi connectivity index (χ1n) is 9.15. The summed E-state index contributed by atoms with van der Waals surface area (Å²) in [6.45, 7) is 6.58. The van der Waals surface area contributed by atoms with Crippen molar-refractivity contribution in [2.24, 2.45) is 0 Å². The molecule has 7 nitrogen and oxygen atoms in total. The summed E-state index contributed by atoms with van der Waals surface area (Å²) in [5.41, 5.74) is 2.70. The third-order valence-corrected chi connectivity index (χ3v) is 5.12. The summed E-state index contributed by atoms with van der Waals surface area (Å²) < 4.78 is 0. The second-order valence-electron chi connectivity index (χ2n) is 7.01. The molecular weight excluding hydrogens is 380 g/mol. The van der Waals surface area contributed by atoms with Crippen molar-refractivity contribution in [1.29, 1.82) is 0 Å². The Kier molecular flexibility index (Phi) is 6.61. The van der Waals surface area contributed by atoms with Gasteiger partial charge in [-0.2, -0.15) is 0 Å². The Labute approximate surface area is 169 Å². The molecule has 0 spiro atoms. The second kappa shape index (κ2) is 9.14. The minimum atomic E-state index is -0.515. The van der Waals surface area contributed by atoms with Gasteiger partial charge in [-0.15, -0.1) is 0 Å². The first-order chi connectivity index (χ1) is 13.4. The molecule has 0 aromatic heterocycles. The maximum absolute atomic E-state index is 12.3. The lowest BCUT2D eigenvalue weighted by molar-refractivity contribution is -0.384. The lowest BCUT2D eigenvalue weighted by atomic mass is 10.1. The number of carbonyl (C=O) groups excluding carboxylic acids is 1. The number of aryl methyl sites for hydroxylation is 1. The van der Waals surface area contributed by atoms with Crippen molar-refractivity contribution in [3.05, 3.63) is 68.7 Å². The van der Waals surface area contributed by atoms with Gasteiger partial charge in [0.25, 0.3) is 5.69 Å². The van der Waals surface area contributed by atoms with E-state index in [0.717, 1.165) is 32.7 Å². The molecule has 0 saturated carbocycles. The first-order valence-corrected chi connectivity index (χ1v) is 9.52. The van der Waals surface area contributed by atoms with Crippen LogP contribution in [-0.2, 0) is 11.3 Å². The molecule has 0 radical (unpaired) electrons. The van der Waals surface area contributed by atoms with Gasteiger partial charge in [0, 0.05) is 44.9 Å². The lowest BCUT2D eigenvalue weighted by Gasteiger charge is -2.34. The number of amides is 1. The van der Waals surface area contributed by atoms with E-state index < -0.39 is 4.92 Å². The van der Waals surface area contributed by atoms with Gasteiger partial charge in [0.2, 0.25) is 5.91 Å². The third-order valence-electron chi connectivity index (χ3n) is 4.79. The summed E-state index contributed by atoms with van der Waals surface area (Å²) in [4.78, 5) is 27.1. The monoisotopic (exact) mass is 402 g/mol. The van der Waals surface area contributed by atoms with Crippen LogP contribution in [0.5, 0.6) is 0 Å². The second-order valence-corrected chi connectivity index (χ2v) is 7.41. The molecule has 1 aliphatic heterocycles. The smallest absolute Gasteiger partial charge is 0.271 e. The zero-order valence-electron chi connectivity index (χ0n) is 15.7. The van der Waals surface area contributed by atoms with Gasteiger partial charge in [-0.05, 0) is 18.6 Å². The van der Waals surface area contributed by atoms with Crippen molar-refractivity contribution < 1.29 is 9.72 Å². The molecule has 28 heavy (non-hydrogen) atoms. The number of benzene rings is 2. The summed E-state index contributed by atoms with van der Waals surface area (Å²) in [6.07, 6.45) is 0. The van der Waals surface area contributed by atoms with E-state index in [9.17, 15) is 14.9 Å². The highest BCUT2D eigenvalue weighted by Gasteiger charge is 2.20. The lowest BCUT2D eigenvalue weighted by Crippen LogP contribution is -2.48. The maximum Gasteiger partial charge on any atom is 0.271 e. The Morgan fingerprint density at radius 3 is 2.39 bits per heavy atom. The van der Waals surface area contributed by atoms with Crippen LogP contribution in [0.1, 0.15) is 11.1 Å². The average molecular weight is 403 g/mol. The van der Waals surface area contributed by atoms with E-state index in [-0.39, 0.29) is 28.8 Å². The Bertz CT molecular complexity index is 849. The van der Waals surface area contributed by atoms with Crippen molar-refractivity contribution in [2.45, 2.75) is 13.5 Å². The number of nitrogens with one attached hydrogen (secondary N) is 1. The van der Waals surface area contributed by atoms with Crippen molar-refractivity contribution in [2.75, 3.05) is 38.0 Å². The van der Waals surface area contributed by atoms with Gasteiger partial charge in [0.05, 0.1) is 22.2 Å². The largest absolute Gasteiger partial charge is 0.323 e. The average Bonchev–Trinajstić information content (AvgIpc) is 2.67. The quantitative estimate of drug-likeness (QED) is 0.592. The van der Waals surface area contributed by atoms with Crippen LogP contribution in [0.2, 0.25) is 5.02 Å². The van der Waals surface area contributed by atoms with Crippen molar-refractivity contribution >= 4 is 28.9 Å². The predicted molar refractivity (Wildman–Crippen MR) is 110 cm³/mol. The molecule has 0 atom stereocenters. The molecule has 1 fully saturated rings. The van der Waals surface area contributed by atoms with Crippen molar-refractivity contribution in [1.82, 2.24) is 9.80 Å². The molecule has 1 aliphatic rings. The number of hydrogen-bond donors (Lipinski definition) is 1. The molecular formula is C20H23ClN4O3. The van der Waals surface area contributed by atoms with Gasteiger partial charge in [-0.1, -0.05) is 41.4 Å². The van der Waals surface area contributed by atoms with Crippen molar-refractivity contribution in [3.8, 4) is 0 Å². The standard InChI is InChI=1S/C20H23ClN4O3/c1-15-2-4-16(5-3-15)13-23-8-10-24(11-9-23)14-20(26)22-19-12-17(25(27)28)6-7-18(19)21/h2-7,12H,8-11,13-14H2,1H3,(H,22,26). The molecule has 2 aromatic carbocycles. The number of nitro groups is 1. The summed E-state index contributed by atoms with van der Waals surface area (Å²) in [6, 6.07) is 12.5. The molecule has 0 unspecified atom stereocenters. The summed E-state index contributed by atoms with van der Waals surface area (Å²) >= 11 is 6.04. The van der Waals surface area contributed by atoms with E-state index >= 15 is 0 Å². The normalized spacial score (nSPS) is 15.4. The Morgan fingerprint density at radius 2 is 1.75 bits per heavy atom. The van der Waals surface area contributed by atoms with Crippen LogP contribution >= 0.6 is 11.6 Å². The molecule has 0 bridgehead atoms. The minimum absolute atomic E-state index is 0.107. The number of non-ortho nitro benzene ring substituents is 1. The number of hydrogen-bond acceptors (Lipinski definition) is 5. The van der Waals surface area contributed by atoms with Gasteiger partial charge < -0.3 is 5.32 Å². The molecule has 0 aliphatic carbocycles. The van der Waals surface area contributed by atoms with Crippen molar-refractivity contribution in [3.63, 3.8) is 0 Å². The summed E-state index contributed by atoms with van der Waals surface area (Å²) in [5.74, 6) is -0.227. The van der Waals surface area contributed by atoms with Crippen LogP contribution in [0, 0.1) is 17.0 Å². The molecule has 8 heteroatoms. The Morgan fingerprint density at radius 1 is 1.11 bits per heavy atom. The Hall–Kier alpha value is -2.48. The molecule has 1 N–H and O–H groups in total. The Balaban J connectivity index is 1.48. The maximum atomic E-state index is 12.3. The van der Waals surface area contributed by atoms with E-state index in [2.05, 4.69) is 46.3 Å². The van der Waals surface area contributed by atoms with Crippen LogP contribution in [-0.4, -0.2) is 53.4 Å². The summed E-state index contributed by atoms with van der Waals surface area (Å²) in [5, 5.41) is 13.8. The highest BCUT2D eigenvalue weighted by molar-refractivity contribution is 6.33. The zero-order valence-corrected chi connectivity index (χ0v) is 16.5. The number of rotatable bonds is 6. The molecule has 1 amide bonds. The molecule has 148 valence electrons. The minimum Gasteiger partial charge on any atom is -0.323 e. The zero-order chi connectivity index (χ0) is 20.1. The predicted octanol–water partition coefficient (Wildman–Crippen LogP) is 3.31. The van der Waals surface area contributed by atoms with E-state index in [1.54, 1.807) is 0 Å². The van der Waals surface area contributed by atoms with Gasteiger partial charge in [0.1, 0.15) is 0 Å². The number of piperazine rings is 1. The molecule has 1 saturated heterocycles. The van der Waals surface area contributed by atoms with E-state index in [1.165, 1.54) is 29.3 Å². The number of carbonyl (C=O) groups is 1. The van der Waals surface area contributed by atoms with Gasteiger partial charge in [0.15, 0.2) is 0 Å². The fourth-order valence-electron chi connectivity index (χ4n) is 3.17. The van der Waals surface area contributed by atoms with Crippen LogP contribution in [0.4, 0.5) is 11.4 Å². The van der Waals surface area contributed by atoms with Crippen LogP contribution in [0.25, 0.3) is 0 Å². The molecule has 2 aromatic rings. The van der Waals surface area contributed by atoms with E-state index in [0.29, 0.717) is 0 Å². The number of anilines is 1. The fraction of sp³-hybridized carbons (Fsp3) is 0.350. The van der Waals surface area contributed by atoms with Crippen LogP contribution in [0.3, 0.4) is 0 Å². The number of nitro benzene ring substituents is 1.